The molecule has 1 N–H and O–H groups in total. The molecule has 0 fully saturated rings. The molecule has 0 radical (unpaired) electrons. The number of anilines is 2. The lowest BCUT2D eigenvalue weighted by Gasteiger charge is -2.23. The van der Waals surface area contributed by atoms with E-state index in [9.17, 15) is 18.0 Å². The topological polar surface area (TPSA) is 92.8 Å². The Bertz CT molecular complexity index is 1180. The van der Waals surface area contributed by atoms with Crippen LogP contribution in [-0.4, -0.2) is 33.4 Å². The molecule has 178 valence electrons. The van der Waals surface area contributed by atoms with Gasteiger partial charge in [0.1, 0.15) is 0 Å². The van der Waals surface area contributed by atoms with Gasteiger partial charge in [-0.05, 0) is 48.9 Å². The summed E-state index contributed by atoms with van der Waals surface area (Å²) >= 11 is 0. The van der Waals surface area contributed by atoms with Crippen molar-refractivity contribution < 1.29 is 22.7 Å². The van der Waals surface area contributed by atoms with Crippen LogP contribution in [0.25, 0.3) is 0 Å². The van der Waals surface area contributed by atoms with Crippen molar-refractivity contribution in [2.75, 3.05) is 22.8 Å². The lowest BCUT2D eigenvalue weighted by Crippen LogP contribution is -2.30. The summed E-state index contributed by atoms with van der Waals surface area (Å²) in [6, 6.07) is 24.5. The van der Waals surface area contributed by atoms with Gasteiger partial charge in [0.25, 0.3) is 10.0 Å². The van der Waals surface area contributed by atoms with E-state index < -0.39 is 16.0 Å². The summed E-state index contributed by atoms with van der Waals surface area (Å²) in [7, 11) is -3.74. The van der Waals surface area contributed by atoms with Crippen molar-refractivity contribution >= 4 is 33.3 Å². The van der Waals surface area contributed by atoms with E-state index in [1.165, 1.54) is 28.6 Å². The van der Waals surface area contributed by atoms with E-state index in [2.05, 4.69) is 5.32 Å². The van der Waals surface area contributed by atoms with Crippen LogP contribution in [0.3, 0.4) is 0 Å². The van der Waals surface area contributed by atoms with Gasteiger partial charge in [-0.2, -0.15) is 0 Å². The number of para-hydroxylation sites is 1. The molecule has 0 spiro atoms. The first-order chi connectivity index (χ1) is 16.4. The van der Waals surface area contributed by atoms with E-state index in [1.807, 2.05) is 36.4 Å². The Morgan fingerprint density at radius 2 is 1.47 bits per heavy atom. The number of nitrogens with one attached hydrogen (secondary N) is 1. The summed E-state index contributed by atoms with van der Waals surface area (Å²) < 4.78 is 32.6. The van der Waals surface area contributed by atoms with Crippen molar-refractivity contribution in [2.45, 2.75) is 31.1 Å². The highest BCUT2D eigenvalue weighted by Gasteiger charge is 2.23. The number of esters is 1. The minimum atomic E-state index is -3.74. The fourth-order valence-corrected chi connectivity index (χ4v) is 4.84. The molecule has 1 amide bonds. The van der Waals surface area contributed by atoms with Crippen LogP contribution in [0, 0.1) is 0 Å². The van der Waals surface area contributed by atoms with Crippen LogP contribution in [0.2, 0.25) is 0 Å². The molecule has 7 nitrogen and oxygen atoms in total. The van der Waals surface area contributed by atoms with E-state index in [-0.39, 0.29) is 36.8 Å². The molecular formula is C26H28N2O5S. The van der Waals surface area contributed by atoms with Gasteiger partial charge in [0.05, 0.1) is 23.6 Å². The number of rotatable bonds is 11. The van der Waals surface area contributed by atoms with Crippen LogP contribution in [0.1, 0.15) is 25.3 Å². The molecule has 0 aliphatic heterocycles. The molecule has 3 rings (SSSR count). The predicted octanol–water partition coefficient (Wildman–Crippen LogP) is 4.41. The zero-order chi connectivity index (χ0) is 24.4. The van der Waals surface area contributed by atoms with Gasteiger partial charge in [-0.3, -0.25) is 13.9 Å². The third-order valence-corrected chi connectivity index (χ3v) is 7.03. The van der Waals surface area contributed by atoms with Crippen LogP contribution in [0.4, 0.5) is 11.4 Å². The summed E-state index contributed by atoms with van der Waals surface area (Å²) in [4.78, 5) is 24.2. The smallest absolute Gasteiger partial charge is 0.306 e. The van der Waals surface area contributed by atoms with Crippen molar-refractivity contribution in [3.8, 4) is 0 Å². The molecule has 0 aromatic heterocycles. The zero-order valence-corrected chi connectivity index (χ0v) is 19.8. The summed E-state index contributed by atoms with van der Waals surface area (Å²) in [5.41, 5.74) is 2.10. The van der Waals surface area contributed by atoms with E-state index in [1.54, 1.807) is 31.2 Å². The molecule has 0 heterocycles. The summed E-state index contributed by atoms with van der Waals surface area (Å²) in [6.45, 7) is 2.32. The van der Waals surface area contributed by atoms with Gasteiger partial charge in [-0.25, -0.2) is 8.42 Å². The molecule has 0 unspecified atom stereocenters. The quantitative estimate of drug-likeness (QED) is 0.411. The molecule has 3 aromatic carbocycles. The maximum absolute atomic E-state index is 13.0. The number of carbonyl (C=O) groups excluding carboxylic acids is 2. The number of hydrogen-bond acceptors (Lipinski definition) is 5. The van der Waals surface area contributed by atoms with Crippen LogP contribution < -0.4 is 9.62 Å². The van der Waals surface area contributed by atoms with Gasteiger partial charge in [0, 0.05) is 25.1 Å². The molecule has 0 atom stereocenters. The van der Waals surface area contributed by atoms with Gasteiger partial charge in [-0.15, -0.1) is 0 Å². The van der Waals surface area contributed by atoms with Gasteiger partial charge in [0.15, 0.2) is 0 Å². The normalized spacial score (nSPS) is 11.0. The fourth-order valence-electron chi connectivity index (χ4n) is 3.36. The Balaban J connectivity index is 1.49. The van der Waals surface area contributed by atoms with Crippen molar-refractivity contribution in [1.29, 1.82) is 0 Å². The number of amides is 1. The van der Waals surface area contributed by atoms with Crippen molar-refractivity contribution in [3.63, 3.8) is 0 Å². The average Bonchev–Trinajstić information content (AvgIpc) is 2.85. The minimum Gasteiger partial charge on any atom is -0.465 e. The summed E-state index contributed by atoms with van der Waals surface area (Å²) in [5.74, 6) is -0.789. The van der Waals surface area contributed by atoms with Gasteiger partial charge in [0.2, 0.25) is 5.91 Å². The molecule has 0 saturated carbocycles. The Morgan fingerprint density at radius 3 is 2.09 bits per heavy atom. The average molecular weight is 481 g/mol. The molecular weight excluding hydrogens is 452 g/mol. The van der Waals surface area contributed by atoms with Crippen LogP contribution in [0.15, 0.2) is 89.8 Å². The van der Waals surface area contributed by atoms with Crippen molar-refractivity contribution in [1.82, 2.24) is 0 Å². The number of hydrogen-bond donors (Lipinski definition) is 1. The van der Waals surface area contributed by atoms with E-state index in [4.69, 9.17) is 4.74 Å². The lowest BCUT2D eigenvalue weighted by atomic mass is 10.2. The SMILES string of the molecule is CCN(c1ccccc1)S(=O)(=O)c1ccc(NC(=O)CCC(=O)OCCc2ccccc2)cc1. The minimum absolute atomic E-state index is 0.0260. The first kappa shape index (κ1) is 25.0. The maximum atomic E-state index is 13.0. The summed E-state index contributed by atoms with van der Waals surface area (Å²) in [6.07, 6.45) is 0.561. The Hall–Kier alpha value is -3.65. The van der Waals surface area contributed by atoms with E-state index in [0.29, 0.717) is 17.8 Å². The predicted molar refractivity (Wildman–Crippen MR) is 132 cm³/mol. The second-order valence-electron chi connectivity index (χ2n) is 7.53. The Labute approximate surface area is 200 Å². The first-order valence-electron chi connectivity index (χ1n) is 11.1. The lowest BCUT2D eigenvalue weighted by molar-refractivity contribution is -0.144. The maximum Gasteiger partial charge on any atom is 0.306 e. The number of nitrogens with zero attached hydrogens (tertiary/aromatic N) is 1. The largest absolute Gasteiger partial charge is 0.465 e. The third kappa shape index (κ3) is 6.92. The summed E-state index contributed by atoms with van der Waals surface area (Å²) in [5, 5.41) is 2.68. The van der Waals surface area contributed by atoms with Crippen molar-refractivity contribution in [3.05, 3.63) is 90.5 Å². The molecule has 8 heteroatoms. The highest BCUT2D eigenvalue weighted by Crippen LogP contribution is 2.24. The van der Waals surface area contributed by atoms with Crippen molar-refractivity contribution in [2.24, 2.45) is 0 Å². The second-order valence-corrected chi connectivity index (χ2v) is 9.40. The van der Waals surface area contributed by atoms with Gasteiger partial charge in [-0.1, -0.05) is 48.5 Å². The molecule has 0 aliphatic rings. The molecule has 3 aromatic rings. The first-order valence-corrected chi connectivity index (χ1v) is 12.5. The van der Waals surface area contributed by atoms with Crippen LogP contribution in [0.5, 0.6) is 0 Å². The molecule has 0 aliphatic carbocycles. The van der Waals surface area contributed by atoms with E-state index in [0.717, 1.165) is 5.56 Å². The monoisotopic (exact) mass is 480 g/mol. The Kier molecular flexibility index (Phi) is 8.81. The highest BCUT2D eigenvalue weighted by atomic mass is 32.2. The standard InChI is InChI=1S/C26H28N2O5S/c1-2-28(23-11-7-4-8-12-23)34(31,32)24-15-13-22(14-16-24)27-25(29)17-18-26(30)33-20-19-21-9-5-3-6-10-21/h3-16H,2,17-20H2,1H3,(H,27,29). The number of benzene rings is 3. The van der Waals surface area contributed by atoms with Gasteiger partial charge < -0.3 is 10.1 Å². The number of carbonyl (C=O) groups is 2. The third-order valence-electron chi connectivity index (χ3n) is 5.11. The molecule has 0 bridgehead atoms. The fraction of sp³-hybridized carbons (Fsp3) is 0.231. The number of ether oxygens (including phenoxy) is 1. The number of sulfonamides is 1. The zero-order valence-electron chi connectivity index (χ0n) is 19.0. The Morgan fingerprint density at radius 1 is 0.853 bits per heavy atom. The second kappa shape index (κ2) is 12.0. The van der Waals surface area contributed by atoms with Gasteiger partial charge >= 0.3 is 5.97 Å². The van der Waals surface area contributed by atoms with Crippen LogP contribution in [-0.2, 0) is 30.8 Å². The molecule has 34 heavy (non-hydrogen) atoms. The highest BCUT2D eigenvalue weighted by molar-refractivity contribution is 7.92. The van der Waals surface area contributed by atoms with Crippen LogP contribution >= 0.6 is 0 Å². The molecule has 0 saturated heterocycles. The van der Waals surface area contributed by atoms with E-state index >= 15 is 0 Å².